The Labute approximate surface area is 436 Å². The number of hydrogen-bond acceptors (Lipinski definition) is 10. The van der Waals surface area contributed by atoms with Gasteiger partial charge in [0, 0.05) is 48.8 Å². The number of piperazine rings is 1. The van der Waals surface area contributed by atoms with Crippen molar-refractivity contribution >= 4 is 47.6 Å². The Morgan fingerprint density at radius 1 is 0.919 bits per heavy atom. The lowest BCUT2D eigenvalue weighted by molar-refractivity contribution is -0.134. The lowest BCUT2D eigenvalue weighted by atomic mass is 9.94. The van der Waals surface area contributed by atoms with Crippen molar-refractivity contribution in [1.29, 1.82) is 0 Å². The minimum atomic E-state index is -2.41. The summed E-state index contributed by atoms with van der Waals surface area (Å²) in [4.78, 5) is 47.3. The molecule has 3 unspecified atom stereocenters. The highest BCUT2D eigenvalue weighted by Gasteiger charge is 2.49. The number of nitrogens with zero attached hydrogens (tertiary/aromatic N) is 6. The van der Waals surface area contributed by atoms with E-state index >= 15 is 8.78 Å². The van der Waals surface area contributed by atoms with E-state index in [1.807, 2.05) is 30.6 Å². The van der Waals surface area contributed by atoms with E-state index in [4.69, 9.17) is 29.2 Å². The van der Waals surface area contributed by atoms with Crippen molar-refractivity contribution < 1.29 is 41.4 Å². The van der Waals surface area contributed by atoms with Crippen LogP contribution in [0, 0.1) is 23.1 Å². The van der Waals surface area contributed by atoms with Gasteiger partial charge >= 0.3 is 18.1 Å². The molecule has 2 aromatic heterocycles. The highest BCUT2D eigenvalue weighted by molar-refractivity contribution is 6.90. The van der Waals surface area contributed by atoms with E-state index in [0.717, 1.165) is 44.9 Å². The van der Waals surface area contributed by atoms with Gasteiger partial charge in [-0.05, 0) is 106 Å². The van der Waals surface area contributed by atoms with E-state index < -0.39 is 49.0 Å². The van der Waals surface area contributed by atoms with E-state index in [2.05, 4.69) is 59.9 Å². The van der Waals surface area contributed by atoms with E-state index in [9.17, 15) is 18.4 Å². The molecule has 0 aliphatic carbocycles. The molecule has 0 saturated carbocycles. The molecule has 2 bridgehead atoms. The number of amides is 1. The van der Waals surface area contributed by atoms with Crippen molar-refractivity contribution in [1.82, 2.24) is 24.8 Å². The molecular weight excluding hydrogens is 965 g/mol. The zero-order chi connectivity index (χ0) is 53.3. The first-order chi connectivity index (χ1) is 35.2. The number of pyridine rings is 1. The Bertz CT molecular complexity index is 2800. The Morgan fingerprint density at radius 3 is 2.24 bits per heavy atom. The number of fused-ring (bicyclic) bond motifs is 5. The number of benzene rings is 2. The fourth-order valence-corrected chi connectivity index (χ4v) is 17.9. The summed E-state index contributed by atoms with van der Waals surface area (Å²) in [5.74, 6) is 1.98. The van der Waals surface area contributed by atoms with Crippen molar-refractivity contribution in [3.05, 3.63) is 59.3 Å². The van der Waals surface area contributed by atoms with Crippen molar-refractivity contribution in [2.75, 3.05) is 37.7 Å². The van der Waals surface area contributed by atoms with Gasteiger partial charge in [0.1, 0.15) is 48.9 Å². The number of halogens is 4. The Morgan fingerprint density at radius 2 is 1.59 bits per heavy atom. The minimum Gasteiger partial charge on any atom is -0.461 e. The van der Waals surface area contributed by atoms with Crippen LogP contribution in [0.15, 0.2) is 42.1 Å². The van der Waals surface area contributed by atoms with Gasteiger partial charge in [-0.25, -0.2) is 13.6 Å². The Kier molecular flexibility index (Phi) is 16.7. The second-order valence-corrected chi connectivity index (χ2v) is 28.8. The third kappa shape index (κ3) is 11.3. The molecule has 16 heteroatoms. The fourth-order valence-electron chi connectivity index (χ4n) is 12.7. The van der Waals surface area contributed by atoms with Gasteiger partial charge < -0.3 is 19.1 Å². The highest BCUT2D eigenvalue weighted by Crippen LogP contribution is 2.45. The molecule has 8 rings (SSSR count). The second-order valence-electron chi connectivity index (χ2n) is 23.3. The second kappa shape index (κ2) is 22.5. The van der Waals surface area contributed by atoms with Gasteiger partial charge in [-0.2, -0.15) is 18.7 Å². The number of anilines is 1. The van der Waals surface area contributed by atoms with Crippen molar-refractivity contribution in [2.24, 2.45) is 0 Å². The number of rotatable bonds is 17. The average molecular weight is 1040 g/mol. The van der Waals surface area contributed by atoms with Gasteiger partial charge in [0.15, 0.2) is 5.82 Å². The van der Waals surface area contributed by atoms with Crippen LogP contribution in [-0.2, 0) is 9.53 Å². The van der Waals surface area contributed by atoms with Crippen LogP contribution in [0.25, 0.3) is 32.9 Å². The normalized spacial score (nSPS) is 20.0. The largest absolute Gasteiger partial charge is 0.461 e. The lowest BCUT2D eigenvalue weighted by Crippen LogP contribution is -2.57. The number of aromatic nitrogens is 3. The third-order valence-electron chi connectivity index (χ3n) is 16.2. The molecule has 6 heterocycles. The predicted octanol–water partition coefficient (Wildman–Crippen LogP) is 14.1. The molecule has 4 aliphatic rings. The number of carbonyl (C=O) groups is 2. The van der Waals surface area contributed by atoms with E-state index in [1.54, 1.807) is 23.1 Å². The Hall–Kier alpha value is -5.27. The highest BCUT2D eigenvalue weighted by atomic mass is 28.3. The maximum absolute atomic E-state index is 18.2. The first kappa shape index (κ1) is 55.0. The van der Waals surface area contributed by atoms with Crippen LogP contribution in [0.4, 0.5) is 28.2 Å². The first-order valence-electron chi connectivity index (χ1n) is 27.2. The van der Waals surface area contributed by atoms with Gasteiger partial charge in [0.25, 0.3) is 6.08 Å². The summed E-state index contributed by atoms with van der Waals surface area (Å²) in [5, 5.41) is 1.09. The van der Waals surface area contributed by atoms with E-state index in [0.29, 0.717) is 49.1 Å². The topological polar surface area (TPSA) is 110 Å². The van der Waals surface area contributed by atoms with Crippen LogP contribution in [0.3, 0.4) is 0 Å². The molecule has 3 atom stereocenters. The van der Waals surface area contributed by atoms with Gasteiger partial charge in [0.2, 0.25) is 0 Å². The SMILES string of the molecule is CCCCCCCCCC(=O)Oc1cc(-c2ncc3c(N4CC5CCC(C4)N5C(=O)OC(C)(C)C)nc(OCC45CCCN4CC(=C(F)F)C5)nc3c2F)c2c(C#C[Si](C(C)C)(C(C)C)C(C)C)c(F)ccc2c1. The minimum absolute atomic E-state index is 0.00188. The molecule has 11 nitrogen and oxygen atoms in total. The molecule has 4 saturated heterocycles. The summed E-state index contributed by atoms with van der Waals surface area (Å²) in [7, 11) is -2.41. The monoisotopic (exact) mass is 1040 g/mol. The maximum atomic E-state index is 18.2. The number of esters is 1. The van der Waals surface area contributed by atoms with Gasteiger partial charge in [0.05, 0.1) is 28.6 Å². The lowest BCUT2D eigenvalue weighted by Gasteiger charge is -2.42. The average Bonchev–Trinajstić information content (AvgIpc) is 3.98. The fraction of sp³-hybridized carbons (Fsp3) is 0.603. The first-order valence-corrected chi connectivity index (χ1v) is 29.4. The maximum Gasteiger partial charge on any atom is 0.410 e. The van der Waals surface area contributed by atoms with Crippen molar-refractivity contribution in [2.45, 2.75) is 193 Å². The molecule has 4 fully saturated rings. The quantitative estimate of drug-likeness (QED) is 0.0253. The summed E-state index contributed by atoms with van der Waals surface area (Å²) in [5.41, 5.74) is 3.09. The number of unbranched alkanes of at least 4 members (excludes halogenated alkanes) is 6. The van der Waals surface area contributed by atoms with Gasteiger partial charge in [-0.3, -0.25) is 19.6 Å². The molecule has 4 aliphatic heterocycles. The summed E-state index contributed by atoms with van der Waals surface area (Å²) in [6.07, 6.45) is 9.89. The molecule has 4 aromatic rings. The predicted molar refractivity (Wildman–Crippen MR) is 286 cm³/mol. The Balaban J connectivity index is 1.26. The van der Waals surface area contributed by atoms with Crippen LogP contribution in [-0.4, -0.2) is 101 Å². The summed E-state index contributed by atoms with van der Waals surface area (Å²) in [6.45, 7) is 22.3. The molecule has 400 valence electrons. The smallest absolute Gasteiger partial charge is 0.410 e. The molecule has 2 aromatic carbocycles. The molecular formula is C58H76F4N6O5Si. The molecule has 74 heavy (non-hydrogen) atoms. The number of hydrogen-bond donors (Lipinski definition) is 0. The number of carbonyl (C=O) groups excluding carboxylic acids is 2. The molecule has 0 radical (unpaired) electrons. The van der Waals surface area contributed by atoms with Crippen LogP contribution in [0.1, 0.15) is 158 Å². The number of ether oxygens (including phenoxy) is 3. The molecule has 0 N–H and O–H groups in total. The van der Waals surface area contributed by atoms with Crippen LogP contribution < -0.4 is 14.4 Å². The molecule has 0 spiro atoms. The standard InChI is InChI=1S/C58H76F4N6O5Si/c1-11-12-13-14-15-16-17-19-48(69)72-43-28-39-20-23-47(59)44(24-27-74(36(2)3,37(4)5)38(6)7)49(39)45(29-43)51-50(60)52-46(31-63-51)54(66-33-41-21-22-42(34-66)68(41)56(70)73-57(8,9)10)65-55(64-52)71-35-58-25-18-26-67(58)32-40(30-58)53(61)62/h20,23,28-29,31,36-38,41-42H,11-19,21-22,25-26,30,32-35H2,1-10H3. The summed E-state index contributed by atoms with van der Waals surface area (Å²) in [6, 6.07) is 5.57. The van der Waals surface area contributed by atoms with Crippen molar-refractivity contribution in [3.8, 4) is 34.5 Å². The van der Waals surface area contributed by atoms with Crippen LogP contribution in [0.5, 0.6) is 11.8 Å². The zero-order valence-corrected chi connectivity index (χ0v) is 46.2. The van der Waals surface area contributed by atoms with E-state index in [1.165, 1.54) is 25.1 Å². The van der Waals surface area contributed by atoms with E-state index in [-0.39, 0.29) is 99.8 Å². The van der Waals surface area contributed by atoms with Crippen molar-refractivity contribution in [3.63, 3.8) is 0 Å². The summed E-state index contributed by atoms with van der Waals surface area (Å²) < 4.78 is 81.2. The van der Waals surface area contributed by atoms with Gasteiger partial charge in [-0.1, -0.05) is 99.0 Å². The van der Waals surface area contributed by atoms with Crippen LogP contribution >= 0.6 is 0 Å². The van der Waals surface area contributed by atoms with Crippen LogP contribution in [0.2, 0.25) is 16.6 Å². The third-order valence-corrected chi connectivity index (χ3v) is 22.5. The summed E-state index contributed by atoms with van der Waals surface area (Å²) >= 11 is 0. The molecule has 1 amide bonds. The van der Waals surface area contributed by atoms with Gasteiger partial charge in [-0.15, -0.1) is 5.54 Å². The zero-order valence-electron chi connectivity index (χ0n) is 45.2.